The molecule has 2 atom stereocenters. The summed E-state index contributed by atoms with van der Waals surface area (Å²) in [4.78, 5) is 46.6. The molecule has 3 heterocycles. The van der Waals surface area contributed by atoms with Crippen LogP contribution in [0.2, 0.25) is 0 Å². The van der Waals surface area contributed by atoms with Crippen LogP contribution in [0.15, 0.2) is 29.4 Å². The number of rotatable bonds is 6. The molecular weight excluding hydrogens is 489 g/mol. The van der Waals surface area contributed by atoms with Gasteiger partial charge in [0.05, 0.1) is 31.2 Å². The summed E-state index contributed by atoms with van der Waals surface area (Å²) in [6, 6.07) is 5.66. The van der Waals surface area contributed by atoms with Gasteiger partial charge in [0, 0.05) is 31.3 Å². The summed E-state index contributed by atoms with van der Waals surface area (Å²) in [5.41, 5.74) is -0.274. The second-order valence-electron chi connectivity index (χ2n) is 9.65. The van der Waals surface area contributed by atoms with Crippen molar-refractivity contribution in [3.05, 3.63) is 41.5 Å². The molecule has 2 aliphatic heterocycles. The van der Waals surface area contributed by atoms with Gasteiger partial charge >= 0.3 is 6.03 Å². The van der Waals surface area contributed by atoms with Crippen LogP contribution in [0.5, 0.6) is 0 Å². The number of aromatic nitrogens is 3. The highest BCUT2D eigenvalue weighted by atomic mass is 32.2. The molecule has 1 N–H and O–H groups in total. The predicted molar refractivity (Wildman–Crippen MR) is 129 cm³/mol. The molecule has 12 heteroatoms. The molecule has 36 heavy (non-hydrogen) atoms. The van der Waals surface area contributed by atoms with Gasteiger partial charge in [-0.05, 0) is 31.5 Å². The molecule has 0 radical (unpaired) electrons. The number of aliphatic hydroxyl groups is 1. The monoisotopic (exact) mass is 519 g/mol. The zero-order valence-electron chi connectivity index (χ0n) is 20.5. The number of amides is 3. The number of halogens is 1. The maximum Gasteiger partial charge on any atom is 0.326 e. The van der Waals surface area contributed by atoms with E-state index in [-0.39, 0.29) is 36.7 Å². The van der Waals surface area contributed by atoms with Crippen molar-refractivity contribution in [2.75, 3.05) is 39.5 Å². The average molecular weight is 520 g/mol. The van der Waals surface area contributed by atoms with Crippen LogP contribution in [0.1, 0.15) is 42.9 Å². The zero-order chi connectivity index (χ0) is 26.0. The molecule has 194 valence electrons. The molecule has 1 aromatic carbocycles. The molecule has 0 saturated carbocycles. The van der Waals surface area contributed by atoms with Crippen molar-refractivity contribution in [1.29, 1.82) is 0 Å². The molecule has 2 aromatic rings. The normalized spacial score (nSPS) is 20.8. The van der Waals surface area contributed by atoms with Crippen LogP contribution in [0.4, 0.5) is 9.18 Å². The Hall–Kier alpha value is -2.83. The van der Waals surface area contributed by atoms with Crippen LogP contribution in [-0.2, 0) is 15.3 Å². The van der Waals surface area contributed by atoms with Crippen LogP contribution in [0.3, 0.4) is 0 Å². The Bertz CT molecular complexity index is 1130. The Morgan fingerprint density at radius 3 is 2.53 bits per heavy atom. The van der Waals surface area contributed by atoms with Crippen LogP contribution in [-0.4, -0.2) is 87.0 Å². The SMILES string of the molecule is CC1C(=O)N(C(=O)N2CCOCC2)CC1c1nc(SCc2ccc(F)cc2)n(C(=O)C(C)(C)CO)n1. The number of likely N-dealkylation sites (tertiary alicyclic amines) is 1. The Morgan fingerprint density at radius 1 is 1.22 bits per heavy atom. The Labute approximate surface area is 212 Å². The topological polar surface area (TPSA) is 118 Å². The summed E-state index contributed by atoms with van der Waals surface area (Å²) in [6.45, 7) is 6.36. The number of aliphatic hydroxyl groups excluding tert-OH is 1. The van der Waals surface area contributed by atoms with Gasteiger partial charge in [0.15, 0.2) is 11.0 Å². The number of ether oxygens (including phenoxy) is 1. The molecule has 0 spiro atoms. The fourth-order valence-corrected chi connectivity index (χ4v) is 4.94. The average Bonchev–Trinajstić information content (AvgIpc) is 3.44. The number of thioether (sulfide) groups is 1. The van der Waals surface area contributed by atoms with E-state index in [4.69, 9.17) is 4.74 Å². The number of carbonyl (C=O) groups excluding carboxylic acids is 3. The minimum Gasteiger partial charge on any atom is -0.395 e. The number of morpholine rings is 1. The first-order chi connectivity index (χ1) is 17.1. The van der Waals surface area contributed by atoms with Crippen molar-refractivity contribution >= 4 is 29.6 Å². The van der Waals surface area contributed by atoms with E-state index in [1.165, 1.54) is 33.5 Å². The molecular formula is C24H30FN5O5S. The summed E-state index contributed by atoms with van der Waals surface area (Å²) < 4.78 is 19.7. The molecule has 10 nitrogen and oxygen atoms in total. The Balaban J connectivity index is 1.60. The molecule has 2 aliphatic rings. The minimum atomic E-state index is -1.11. The summed E-state index contributed by atoms with van der Waals surface area (Å²) in [5.74, 6) is -1.44. The fraction of sp³-hybridized carbons (Fsp3) is 0.542. The fourth-order valence-electron chi connectivity index (χ4n) is 4.04. The molecule has 1 aromatic heterocycles. The second kappa shape index (κ2) is 10.7. The lowest BCUT2D eigenvalue weighted by molar-refractivity contribution is -0.128. The van der Waals surface area contributed by atoms with E-state index < -0.39 is 23.2 Å². The van der Waals surface area contributed by atoms with E-state index in [1.54, 1.807) is 37.8 Å². The van der Waals surface area contributed by atoms with E-state index in [0.29, 0.717) is 37.2 Å². The molecule has 0 aliphatic carbocycles. The highest BCUT2D eigenvalue weighted by molar-refractivity contribution is 7.98. The summed E-state index contributed by atoms with van der Waals surface area (Å²) in [6.07, 6.45) is 0. The van der Waals surface area contributed by atoms with E-state index in [9.17, 15) is 23.9 Å². The molecule has 2 saturated heterocycles. The zero-order valence-corrected chi connectivity index (χ0v) is 21.3. The highest BCUT2D eigenvalue weighted by Crippen LogP contribution is 2.35. The predicted octanol–water partition coefficient (Wildman–Crippen LogP) is 2.38. The third kappa shape index (κ3) is 5.30. The molecule has 3 amide bonds. The Kier molecular flexibility index (Phi) is 7.76. The summed E-state index contributed by atoms with van der Waals surface area (Å²) in [7, 11) is 0. The van der Waals surface area contributed by atoms with Crippen molar-refractivity contribution in [2.45, 2.75) is 37.6 Å². The lowest BCUT2D eigenvalue weighted by Gasteiger charge is -2.30. The number of hydrogen-bond acceptors (Lipinski definition) is 8. The maximum atomic E-state index is 13.3. The first-order valence-electron chi connectivity index (χ1n) is 11.8. The lowest BCUT2D eigenvalue weighted by atomic mass is 9.94. The van der Waals surface area contributed by atoms with E-state index >= 15 is 0 Å². The Morgan fingerprint density at radius 2 is 1.89 bits per heavy atom. The number of hydrogen-bond donors (Lipinski definition) is 1. The minimum absolute atomic E-state index is 0.111. The van der Waals surface area contributed by atoms with Gasteiger partial charge < -0.3 is 14.7 Å². The van der Waals surface area contributed by atoms with Gasteiger partial charge in [-0.15, -0.1) is 5.10 Å². The first-order valence-corrected chi connectivity index (χ1v) is 12.8. The van der Waals surface area contributed by atoms with Gasteiger partial charge in [-0.3, -0.25) is 14.5 Å². The first kappa shape index (κ1) is 26.2. The second-order valence-corrected chi connectivity index (χ2v) is 10.6. The number of imide groups is 1. The van der Waals surface area contributed by atoms with Gasteiger partial charge in [-0.1, -0.05) is 30.8 Å². The number of benzene rings is 1. The van der Waals surface area contributed by atoms with Crippen LogP contribution in [0.25, 0.3) is 0 Å². The van der Waals surface area contributed by atoms with Crippen molar-refractivity contribution in [1.82, 2.24) is 24.6 Å². The number of urea groups is 1. The van der Waals surface area contributed by atoms with Gasteiger partial charge in [0.1, 0.15) is 5.82 Å². The summed E-state index contributed by atoms with van der Waals surface area (Å²) >= 11 is 1.25. The van der Waals surface area contributed by atoms with Crippen molar-refractivity contribution in [2.24, 2.45) is 11.3 Å². The number of nitrogens with zero attached hydrogens (tertiary/aromatic N) is 5. The van der Waals surface area contributed by atoms with Gasteiger partial charge in [0.2, 0.25) is 5.91 Å². The highest BCUT2D eigenvalue weighted by Gasteiger charge is 2.45. The third-order valence-corrected chi connectivity index (χ3v) is 7.52. The lowest BCUT2D eigenvalue weighted by Crippen LogP contribution is -2.49. The van der Waals surface area contributed by atoms with E-state index in [0.717, 1.165) is 5.56 Å². The third-order valence-electron chi connectivity index (χ3n) is 6.52. The quantitative estimate of drug-likeness (QED) is 0.578. The standard InChI is InChI=1S/C24H30FN5O5S/c1-15-18(12-29(20(15)32)23(34)28-8-10-35-11-9-28)19-26-22(30(27-19)21(33)24(2,3)14-31)36-13-16-4-6-17(25)7-5-16/h4-7,15,18,31H,8-14H2,1-3H3. The molecule has 2 unspecified atom stereocenters. The van der Waals surface area contributed by atoms with Crippen LogP contribution in [0, 0.1) is 17.2 Å². The molecule has 2 fully saturated rings. The van der Waals surface area contributed by atoms with E-state index in [2.05, 4.69) is 10.1 Å². The maximum absolute atomic E-state index is 13.3. The van der Waals surface area contributed by atoms with Crippen molar-refractivity contribution in [3.63, 3.8) is 0 Å². The van der Waals surface area contributed by atoms with Gasteiger partial charge in [-0.2, -0.15) is 4.68 Å². The van der Waals surface area contributed by atoms with E-state index in [1.807, 2.05) is 0 Å². The molecule has 4 rings (SSSR count). The van der Waals surface area contributed by atoms with Gasteiger partial charge in [0.25, 0.3) is 5.91 Å². The summed E-state index contributed by atoms with van der Waals surface area (Å²) in [5, 5.41) is 14.5. The molecule has 0 bridgehead atoms. The van der Waals surface area contributed by atoms with Crippen LogP contribution < -0.4 is 0 Å². The van der Waals surface area contributed by atoms with Crippen molar-refractivity contribution in [3.8, 4) is 0 Å². The smallest absolute Gasteiger partial charge is 0.326 e. The number of carbonyl (C=O) groups is 3. The van der Waals surface area contributed by atoms with Gasteiger partial charge in [-0.25, -0.2) is 14.2 Å². The largest absolute Gasteiger partial charge is 0.395 e. The van der Waals surface area contributed by atoms with Crippen molar-refractivity contribution < 1.29 is 28.6 Å². The van der Waals surface area contributed by atoms with Crippen LogP contribution >= 0.6 is 11.8 Å².